The summed E-state index contributed by atoms with van der Waals surface area (Å²) in [6, 6.07) is 9.43. The Balaban J connectivity index is 1.87. The van der Waals surface area contributed by atoms with Crippen molar-refractivity contribution in [2.75, 3.05) is 0 Å². The highest BCUT2D eigenvalue weighted by atomic mass is 16.5. The molecule has 0 saturated heterocycles. The molecular formula is C18H27NO2. The van der Waals surface area contributed by atoms with Crippen molar-refractivity contribution in [2.24, 2.45) is 17.1 Å². The normalized spacial score (nSPS) is 26.1. The molecule has 116 valence electrons. The smallest absolute Gasteiger partial charge is 0.307 e. The van der Waals surface area contributed by atoms with Gasteiger partial charge in [-0.1, -0.05) is 51.1 Å². The molecule has 1 saturated carbocycles. The van der Waals surface area contributed by atoms with E-state index in [1.54, 1.807) is 0 Å². The lowest BCUT2D eigenvalue weighted by Gasteiger charge is -2.38. The molecule has 0 heterocycles. The Morgan fingerprint density at radius 1 is 1.33 bits per heavy atom. The van der Waals surface area contributed by atoms with Crippen molar-refractivity contribution in [3.05, 3.63) is 35.9 Å². The van der Waals surface area contributed by atoms with E-state index >= 15 is 0 Å². The molecule has 0 aromatic heterocycles. The monoisotopic (exact) mass is 289 g/mol. The maximum atomic E-state index is 12.1. The third kappa shape index (κ3) is 4.85. The lowest BCUT2D eigenvalue weighted by Crippen LogP contribution is -2.34. The summed E-state index contributed by atoms with van der Waals surface area (Å²) < 4.78 is 5.67. The molecule has 1 aromatic carbocycles. The predicted molar refractivity (Wildman–Crippen MR) is 84.7 cm³/mol. The van der Waals surface area contributed by atoms with Crippen LogP contribution in [0.25, 0.3) is 0 Å². The van der Waals surface area contributed by atoms with E-state index in [-0.39, 0.29) is 30.0 Å². The third-order valence-corrected chi connectivity index (χ3v) is 4.26. The van der Waals surface area contributed by atoms with Crippen LogP contribution in [0.4, 0.5) is 0 Å². The highest BCUT2D eigenvalue weighted by molar-refractivity contribution is 5.70. The minimum absolute atomic E-state index is 0.0409. The van der Waals surface area contributed by atoms with Gasteiger partial charge in [0.1, 0.15) is 6.10 Å². The van der Waals surface area contributed by atoms with Crippen LogP contribution in [0, 0.1) is 11.3 Å². The Hall–Kier alpha value is -1.35. The first kappa shape index (κ1) is 16.0. The average molecular weight is 289 g/mol. The summed E-state index contributed by atoms with van der Waals surface area (Å²) in [6.45, 7) is 6.73. The Labute approximate surface area is 127 Å². The van der Waals surface area contributed by atoms with Gasteiger partial charge in [-0.05, 0) is 36.2 Å². The first-order valence-electron chi connectivity index (χ1n) is 7.86. The molecular weight excluding hydrogens is 262 g/mol. The molecule has 0 bridgehead atoms. The third-order valence-electron chi connectivity index (χ3n) is 4.26. The molecule has 2 rings (SSSR count). The number of rotatable bonds is 4. The van der Waals surface area contributed by atoms with Crippen molar-refractivity contribution < 1.29 is 9.53 Å². The van der Waals surface area contributed by atoms with Gasteiger partial charge in [0.05, 0.1) is 6.42 Å². The van der Waals surface area contributed by atoms with E-state index in [1.807, 2.05) is 30.3 Å². The number of benzene rings is 1. The van der Waals surface area contributed by atoms with Crippen molar-refractivity contribution in [1.82, 2.24) is 0 Å². The number of carbonyl (C=O) groups excluding carboxylic acids is 1. The summed E-state index contributed by atoms with van der Waals surface area (Å²) in [6.07, 6.45) is 3.40. The van der Waals surface area contributed by atoms with E-state index in [1.165, 1.54) is 6.42 Å². The molecule has 3 nitrogen and oxygen atoms in total. The standard InChI is InChI=1S/C18H27NO2/c1-13-9-15(12-18(2,3)11-13)21-17(20)10-16(19)14-7-5-4-6-8-14/h4-8,13,15-16H,9-12,19H2,1-3H3. The van der Waals surface area contributed by atoms with Crippen LogP contribution in [-0.4, -0.2) is 12.1 Å². The average Bonchev–Trinajstić information content (AvgIpc) is 2.36. The fourth-order valence-corrected chi connectivity index (χ4v) is 3.58. The lowest BCUT2D eigenvalue weighted by atomic mass is 9.71. The molecule has 2 N–H and O–H groups in total. The zero-order valence-corrected chi connectivity index (χ0v) is 13.3. The molecule has 21 heavy (non-hydrogen) atoms. The summed E-state index contributed by atoms with van der Waals surface area (Å²) in [5.74, 6) is 0.426. The Bertz CT molecular complexity index is 469. The molecule has 0 aliphatic heterocycles. The Morgan fingerprint density at radius 3 is 2.62 bits per heavy atom. The lowest BCUT2D eigenvalue weighted by molar-refractivity contribution is -0.153. The fourth-order valence-electron chi connectivity index (χ4n) is 3.58. The number of carbonyl (C=O) groups is 1. The zero-order chi connectivity index (χ0) is 15.5. The molecule has 1 fully saturated rings. The van der Waals surface area contributed by atoms with Crippen LogP contribution in [0.2, 0.25) is 0 Å². The van der Waals surface area contributed by atoms with Crippen LogP contribution in [0.1, 0.15) is 58.1 Å². The predicted octanol–water partition coefficient (Wildman–Crippen LogP) is 3.83. The summed E-state index contributed by atoms with van der Waals surface area (Å²) in [7, 11) is 0. The van der Waals surface area contributed by atoms with Gasteiger partial charge in [-0.15, -0.1) is 0 Å². The van der Waals surface area contributed by atoms with Gasteiger partial charge in [0.15, 0.2) is 0 Å². The van der Waals surface area contributed by atoms with E-state index in [2.05, 4.69) is 20.8 Å². The molecule has 0 radical (unpaired) electrons. The zero-order valence-electron chi connectivity index (χ0n) is 13.3. The number of esters is 1. The number of hydrogen-bond donors (Lipinski definition) is 1. The van der Waals surface area contributed by atoms with E-state index in [0.29, 0.717) is 5.92 Å². The van der Waals surface area contributed by atoms with Crippen molar-refractivity contribution in [3.8, 4) is 0 Å². The van der Waals surface area contributed by atoms with Gasteiger partial charge in [0, 0.05) is 6.04 Å². The van der Waals surface area contributed by atoms with E-state index in [4.69, 9.17) is 10.5 Å². The van der Waals surface area contributed by atoms with Gasteiger partial charge >= 0.3 is 5.97 Å². The van der Waals surface area contributed by atoms with Crippen LogP contribution in [-0.2, 0) is 9.53 Å². The minimum Gasteiger partial charge on any atom is -0.462 e. The minimum atomic E-state index is -0.285. The van der Waals surface area contributed by atoms with Gasteiger partial charge < -0.3 is 10.5 Å². The van der Waals surface area contributed by atoms with Crippen LogP contribution < -0.4 is 5.73 Å². The number of hydrogen-bond acceptors (Lipinski definition) is 3. The second-order valence-corrected chi connectivity index (χ2v) is 7.25. The number of ether oxygens (including phenoxy) is 1. The topological polar surface area (TPSA) is 52.3 Å². The Morgan fingerprint density at radius 2 is 2.00 bits per heavy atom. The molecule has 1 aromatic rings. The summed E-state index contributed by atoms with van der Waals surface area (Å²) in [4.78, 5) is 12.1. The van der Waals surface area contributed by atoms with Gasteiger partial charge in [-0.3, -0.25) is 4.79 Å². The number of nitrogens with two attached hydrogens (primary N) is 1. The van der Waals surface area contributed by atoms with E-state index in [0.717, 1.165) is 18.4 Å². The van der Waals surface area contributed by atoms with Gasteiger partial charge in [-0.25, -0.2) is 0 Å². The van der Waals surface area contributed by atoms with Crippen molar-refractivity contribution in [2.45, 2.75) is 58.6 Å². The quantitative estimate of drug-likeness (QED) is 0.857. The maximum Gasteiger partial charge on any atom is 0.307 e. The SMILES string of the molecule is CC1CC(OC(=O)CC(N)c2ccccc2)CC(C)(C)C1. The molecule has 1 aliphatic rings. The molecule has 3 unspecified atom stereocenters. The maximum absolute atomic E-state index is 12.1. The summed E-state index contributed by atoms with van der Waals surface area (Å²) >= 11 is 0. The van der Waals surface area contributed by atoms with Crippen LogP contribution in [0.3, 0.4) is 0 Å². The van der Waals surface area contributed by atoms with Crippen LogP contribution >= 0.6 is 0 Å². The van der Waals surface area contributed by atoms with Crippen molar-refractivity contribution in [1.29, 1.82) is 0 Å². The Kier molecular flexibility index (Phi) is 5.04. The summed E-state index contributed by atoms with van der Waals surface area (Å²) in [5.41, 5.74) is 7.31. The second-order valence-electron chi connectivity index (χ2n) is 7.25. The first-order valence-corrected chi connectivity index (χ1v) is 7.86. The summed E-state index contributed by atoms with van der Waals surface area (Å²) in [5, 5.41) is 0. The van der Waals surface area contributed by atoms with Crippen molar-refractivity contribution in [3.63, 3.8) is 0 Å². The van der Waals surface area contributed by atoms with Gasteiger partial charge in [0.25, 0.3) is 0 Å². The first-order chi connectivity index (χ1) is 9.85. The van der Waals surface area contributed by atoms with Gasteiger partial charge in [-0.2, -0.15) is 0 Å². The molecule has 3 heteroatoms. The highest BCUT2D eigenvalue weighted by Gasteiger charge is 2.34. The van der Waals surface area contributed by atoms with Crippen LogP contribution in [0.5, 0.6) is 0 Å². The molecule has 1 aliphatic carbocycles. The highest BCUT2D eigenvalue weighted by Crippen LogP contribution is 2.39. The molecule has 3 atom stereocenters. The largest absolute Gasteiger partial charge is 0.462 e. The second kappa shape index (κ2) is 6.61. The van der Waals surface area contributed by atoms with E-state index < -0.39 is 0 Å². The molecule has 0 spiro atoms. The van der Waals surface area contributed by atoms with Gasteiger partial charge in [0.2, 0.25) is 0 Å². The van der Waals surface area contributed by atoms with Crippen molar-refractivity contribution >= 4 is 5.97 Å². The fraction of sp³-hybridized carbons (Fsp3) is 0.611. The molecule has 0 amide bonds. The van der Waals surface area contributed by atoms with Crippen LogP contribution in [0.15, 0.2) is 30.3 Å². The van der Waals surface area contributed by atoms with E-state index in [9.17, 15) is 4.79 Å².